The number of nitrogens with zero attached hydrogens (tertiary/aromatic N) is 4. The van der Waals surface area contributed by atoms with Crippen LogP contribution in [-0.2, 0) is 0 Å². The summed E-state index contributed by atoms with van der Waals surface area (Å²) in [4.78, 5) is 16.9. The van der Waals surface area contributed by atoms with Gasteiger partial charge in [-0.05, 0) is 55.5 Å². The van der Waals surface area contributed by atoms with E-state index in [1.807, 2.05) is 60.4 Å². The summed E-state index contributed by atoms with van der Waals surface area (Å²) in [6.45, 7) is 3.85. The maximum atomic E-state index is 13.4. The number of hydrogen-bond donors (Lipinski definition) is 1. The Hall–Kier alpha value is -4.20. The van der Waals surface area contributed by atoms with Crippen LogP contribution < -0.4 is 15.0 Å². The second kappa shape index (κ2) is 9.58. The highest BCUT2D eigenvalue weighted by molar-refractivity contribution is 6.00. The van der Waals surface area contributed by atoms with Crippen LogP contribution in [-0.4, -0.2) is 53.9 Å². The van der Waals surface area contributed by atoms with Gasteiger partial charge in [0.1, 0.15) is 17.3 Å². The summed E-state index contributed by atoms with van der Waals surface area (Å²) in [5.74, 6) is 1.24. The third-order valence-corrected chi connectivity index (χ3v) is 6.31. The average molecular weight is 472 g/mol. The van der Waals surface area contributed by atoms with Crippen molar-refractivity contribution in [2.45, 2.75) is 13.0 Å². The van der Waals surface area contributed by atoms with Crippen molar-refractivity contribution in [3.8, 4) is 17.0 Å². The van der Waals surface area contributed by atoms with Gasteiger partial charge >= 0.3 is 6.03 Å². The molecule has 4 aromatic rings. The maximum absolute atomic E-state index is 13.4. The first-order valence-corrected chi connectivity index (χ1v) is 11.5. The van der Waals surface area contributed by atoms with E-state index in [0.29, 0.717) is 19.6 Å². The molecule has 1 atom stereocenters. The van der Waals surface area contributed by atoms with Crippen LogP contribution in [0.1, 0.15) is 6.92 Å². The van der Waals surface area contributed by atoms with Crippen molar-refractivity contribution in [3.05, 3.63) is 78.6 Å². The number of amides is 2. The van der Waals surface area contributed by atoms with E-state index >= 15 is 0 Å². The van der Waals surface area contributed by atoms with Gasteiger partial charge in [0.2, 0.25) is 0 Å². The predicted molar refractivity (Wildman–Crippen MR) is 135 cm³/mol. The zero-order valence-corrected chi connectivity index (χ0v) is 19.6. The van der Waals surface area contributed by atoms with Crippen molar-refractivity contribution in [1.29, 1.82) is 0 Å². The number of fused-ring (bicyclic) bond motifs is 1. The van der Waals surface area contributed by atoms with E-state index in [-0.39, 0.29) is 17.9 Å². The third kappa shape index (κ3) is 4.59. The van der Waals surface area contributed by atoms with Crippen molar-refractivity contribution < 1.29 is 13.9 Å². The molecule has 35 heavy (non-hydrogen) atoms. The van der Waals surface area contributed by atoms with Gasteiger partial charge in [0, 0.05) is 47.7 Å². The number of hydrogen-bond acceptors (Lipinski definition) is 5. The van der Waals surface area contributed by atoms with Crippen LogP contribution in [0.3, 0.4) is 0 Å². The lowest BCUT2D eigenvalue weighted by atomic mass is 10.0. The van der Waals surface area contributed by atoms with E-state index in [9.17, 15) is 9.18 Å². The molecule has 0 saturated carbocycles. The molecule has 1 aliphatic rings. The molecule has 3 aromatic carbocycles. The predicted octanol–water partition coefficient (Wildman–Crippen LogP) is 5.19. The summed E-state index contributed by atoms with van der Waals surface area (Å²) in [5, 5.41) is 14.0. The topological polar surface area (TPSA) is 70.6 Å². The van der Waals surface area contributed by atoms with E-state index in [0.717, 1.165) is 39.3 Å². The largest absolute Gasteiger partial charge is 0.497 e. The Morgan fingerprint density at radius 1 is 0.971 bits per heavy atom. The molecule has 0 radical (unpaired) electrons. The van der Waals surface area contributed by atoms with Crippen LogP contribution in [0.5, 0.6) is 5.75 Å². The molecule has 0 spiro atoms. The first-order chi connectivity index (χ1) is 17.0. The van der Waals surface area contributed by atoms with Crippen molar-refractivity contribution in [1.82, 2.24) is 15.1 Å². The number of anilines is 2. The number of nitrogens with one attached hydrogen (secondary N) is 1. The molecule has 1 unspecified atom stereocenters. The summed E-state index contributed by atoms with van der Waals surface area (Å²) in [6.07, 6.45) is 0. The molecule has 1 fully saturated rings. The van der Waals surface area contributed by atoms with Crippen molar-refractivity contribution in [2.75, 3.05) is 37.0 Å². The Balaban J connectivity index is 1.35. The lowest BCUT2D eigenvalue weighted by Gasteiger charge is -2.40. The minimum atomic E-state index is -0.287. The molecular formula is C27H26FN5O2. The molecule has 8 heteroatoms. The molecule has 1 N–H and O–H groups in total. The minimum absolute atomic E-state index is 0.0284. The summed E-state index contributed by atoms with van der Waals surface area (Å²) >= 11 is 0. The Labute approximate surface area is 203 Å². The number of carbonyl (C=O) groups excluding carboxylic acids is 1. The number of carbonyl (C=O) groups is 1. The molecule has 178 valence electrons. The van der Waals surface area contributed by atoms with Gasteiger partial charge in [-0.25, -0.2) is 9.18 Å². The van der Waals surface area contributed by atoms with E-state index in [4.69, 9.17) is 4.74 Å². The van der Waals surface area contributed by atoms with Crippen LogP contribution in [0, 0.1) is 5.82 Å². The molecule has 0 aliphatic carbocycles. The van der Waals surface area contributed by atoms with Crippen LogP contribution in [0.25, 0.3) is 22.0 Å². The Bertz CT molecular complexity index is 1340. The summed E-state index contributed by atoms with van der Waals surface area (Å²) in [6, 6.07) is 21.4. The maximum Gasteiger partial charge on any atom is 0.322 e. The van der Waals surface area contributed by atoms with Gasteiger partial charge in [-0.2, -0.15) is 0 Å². The van der Waals surface area contributed by atoms with Gasteiger partial charge in [-0.15, -0.1) is 10.2 Å². The van der Waals surface area contributed by atoms with Crippen molar-refractivity contribution >= 4 is 28.3 Å². The van der Waals surface area contributed by atoms with Crippen LogP contribution in [0.15, 0.2) is 72.8 Å². The number of ether oxygens (including phenoxy) is 1. The molecule has 0 bridgehead atoms. The molecule has 1 saturated heterocycles. The average Bonchev–Trinajstić information content (AvgIpc) is 2.89. The van der Waals surface area contributed by atoms with Crippen molar-refractivity contribution in [2.24, 2.45) is 0 Å². The number of urea groups is 1. The van der Waals surface area contributed by atoms with Crippen LogP contribution in [0.4, 0.5) is 20.7 Å². The molecule has 2 amide bonds. The highest BCUT2D eigenvalue weighted by atomic mass is 19.1. The van der Waals surface area contributed by atoms with Gasteiger partial charge in [-0.3, -0.25) is 0 Å². The fourth-order valence-electron chi connectivity index (χ4n) is 4.47. The molecule has 2 heterocycles. The first kappa shape index (κ1) is 22.6. The fourth-order valence-corrected chi connectivity index (χ4v) is 4.47. The third-order valence-electron chi connectivity index (χ3n) is 6.31. The molecular weight excluding hydrogens is 445 g/mol. The SMILES string of the molecule is COc1ccc(NC(=O)N2CCN(c3nnc(-c4ccc(F)cc4)c4ccccc34)CC2C)cc1. The Morgan fingerprint density at radius 3 is 2.37 bits per heavy atom. The number of halogens is 1. The quantitative estimate of drug-likeness (QED) is 0.444. The fraction of sp³-hybridized carbons (Fsp3) is 0.222. The van der Waals surface area contributed by atoms with Gasteiger partial charge in [0.25, 0.3) is 0 Å². The second-order valence-electron chi connectivity index (χ2n) is 8.57. The molecule has 5 rings (SSSR count). The molecule has 1 aliphatic heterocycles. The zero-order valence-electron chi connectivity index (χ0n) is 19.6. The zero-order chi connectivity index (χ0) is 24.4. The van der Waals surface area contributed by atoms with Gasteiger partial charge in [0.15, 0.2) is 5.82 Å². The Kier molecular flexibility index (Phi) is 6.18. The van der Waals surface area contributed by atoms with E-state index in [1.165, 1.54) is 12.1 Å². The second-order valence-corrected chi connectivity index (χ2v) is 8.57. The summed E-state index contributed by atoms with van der Waals surface area (Å²) in [5.41, 5.74) is 2.25. The lowest BCUT2D eigenvalue weighted by molar-refractivity contribution is 0.184. The number of benzene rings is 3. The minimum Gasteiger partial charge on any atom is -0.497 e. The highest BCUT2D eigenvalue weighted by Gasteiger charge is 2.29. The summed E-state index contributed by atoms with van der Waals surface area (Å²) < 4.78 is 18.6. The van der Waals surface area contributed by atoms with Gasteiger partial charge in [0.05, 0.1) is 7.11 Å². The Morgan fingerprint density at radius 2 is 1.69 bits per heavy atom. The van der Waals surface area contributed by atoms with Gasteiger partial charge < -0.3 is 19.9 Å². The van der Waals surface area contributed by atoms with E-state index < -0.39 is 0 Å². The smallest absolute Gasteiger partial charge is 0.322 e. The van der Waals surface area contributed by atoms with Gasteiger partial charge in [-0.1, -0.05) is 24.3 Å². The van der Waals surface area contributed by atoms with E-state index in [1.54, 1.807) is 19.2 Å². The number of aromatic nitrogens is 2. The number of rotatable bonds is 4. The monoisotopic (exact) mass is 471 g/mol. The van der Waals surface area contributed by atoms with E-state index in [2.05, 4.69) is 20.4 Å². The first-order valence-electron chi connectivity index (χ1n) is 11.5. The molecule has 1 aromatic heterocycles. The lowest BCUT2D eigenvalue weighted by Crippen LogP contribution is -2.55. The number of methoxy groups -OCH3 is 1. The molecule has 7 nitrogen and oxygen atoms in total. The number of piperazine rings is 1. The highest BCUT2D eigenvalue weighted by Crippen LogP contribution is 2.32. The van der Waals surface area contributed by atoms with Crippen LogP contribution in [0.2, 0.25) is 0 Å². The van der Waals surface area contributed by atoms with Crippen molar-refractivity contribution in [3.63, 3.8) is 0 Å². The summed E-state index contributed by atoms with van der Waals surface area (Å²) in [7, 11) is 1.61. The standard InChI is InChI=1S/C27H26FN5O2/c1-18-17-32(15-16-33(18)27(34)29-21-11-13-22(35-2)14-12-21)26-24-6-4-3-5-23(24)25(30-31-26)19-7-9-20(28)10-8-19/h3-14,18H,15-17H2,1-2H3,(H,29,34). The van der Waals surface area contributed by atoms with Crippen LogP contribution >= 0.6 is 0 Å². The normalized spacial score (nSPS) is 15.8.